The van der Waals surface area contributed by atoms with Gasteiger partial charge < -0.3 is 15.2 Å². The summed E-state index contributed by atoms with van der Waals surface area (Å²) in [7, 11) is 0. The lowest BCUT2D eigenvalue weighted by Crippen LogP contribution is -2.33. The van der Waals surface area contributed by atoms with E-state index in [9.17, 15) is 18.4 Å². The number of rotatable bonds is 8. The second-order valence-electron chi connectivity index (χ2n) is 5.61. The summed E-state index contributed by atoms with van der Waals surface area (Å²) in [6.07, 6.45) is 0.236. The fourth-order valence-electron chi connectivity index (χ4n) is 2.26. The van der Waals surface area contributed by atoms with Gasteiger partial charge in [0.1, 0.15) is 5.75 Å². The minimum Gasteiger partial charge on any atom is -0.481 e. The molecule has 1 amide bonds. The van der Waals surface area contributed by atoms with Gasteiger partial charge in [0.05, 0.1) is 11.4 Å². The van der Waals surface area contributed by atoms with Crippen LogP contribution in [0.5, 0.6) is 5.75 Å². The van der Waals surface area contributed by atoms with E-state index in [0.717, 1.165) is 0 Å². The summed E-state index contributed by atoms with van der Waals surface area (Å²) in [5.41, 5.74) is 1.07. The van der Waals surface area contributed by atoms with Crippen molar-refractivity contribution < 1.29 is 28.2 Å². The Hall–Kier alpha value is -3.04. The Bertz CT molecular complexity index is 777. The summed E-state index contributed by atoms with van der Waals surface area (Å²) in [5, 5.41) is 19.1. The SMILES string of the molecule is Cc1c(C(=O)NC(C)CCC(=O)O)nnn1-c1ccc(OC(F)F)cc1. The molecule has 1 aromatic carbocycles. The molecule has 0 spiro atoms. The molecule has 1 aromatic heterocycles. The summed E-state index contributed by atoms with van der Waals surface area (Å²) >= 11 is 0. The number of halogens is 2. The Labute approximate surface area is 147 Å². The first-order valence-corrected chi connectivity index (χ1v) is 7.78. The van der Waals surface area contributed by atoms with Crippen LogP contribution in [-0.2, 0) is 4.79 Å². The maximum atomic E-state index is 12.3. The number of benzene rings is 1. The van der Waals surface area contributed by atoms with Crippen molar-refractivity contribution in [3.05, 3.63) is 35.7 Å². The fourth-order valence-corrected chi connectivity index (χ4v) is 2.26. The number of aromatic nitrogens is 3. The predicted octanol–water partition coefficient (Wildman–Crippen LogP) is 2.16. The number of carbonyl (C=O) groups excluding carboxylic acids is 1. The number of hydrogen-bond donors (Lipinski definition) is 2. The van der Waals surface area contributed by atoms with Crippen LogP contribution in [0, 0.1) is 6.92 Å². The Kier molecular flexibility index (Phi) is 6.21. The van der Waals surface area contributed by atoms with Gasteiger partial charge in [0.2, 0.25) is 0 Å². The molecule has 0 radical (unpaired) electrons. The molecule has 2 rings (SSSR count). The second-order valence-corrected chi connectivity index (χ2v) is 5.61. The van der Waals surface area contributed by atoms with Crippen LogP contribution in [0.4, 0.5) is 8.78 Å². The van der Waals surface area contributed by atoms with E-state index in [1.54, 1.807) is 13.8 Å². The molecule has 0 saturated heterocycles. The number of hydrogen-bond acceptors (Lipinski definition) is 5. The van der Waals surface area contributed by atoms with Gasteiger partial charge in [-0.25, -0.2) is 4.68 Å². The number of nitrogens with zero attached hydrogens (tertiary/aromatic N) is 3. The molecule has 0 saturated carbocycles. The van der Waals surface area contributed by atoms with Gasteiger partial charge in [0, 0.05) is 12.5 Å². The number of alkyl halides is 2. The van der Waals surface area contributed by atoms with Crippen LogP contribution < -0.4 is 10.1 Å². The van der Waals surface area contributed by atoms with Crippen LogP contribution in [0.1, 0.15) is 35.9 Å². The van der Waals surface area contributed by atoms with E-state index in [-0.39, 0.29) is 23.9 Å². The molecule has 8 nitrogen and oxygen atoms in total. The van der Waals surface area contributed by atoms with Crippen LogP contribution in [0.3, 0.4) is 0 Å². The van der Waals surface area contributed by atoms with Crippen molar-refractivity contribution in [1.29, 1.82) is 0 Å². The summed E-state index contributed by atoms with van der Waals surface area (Å²) in [4.78, 5) is 22.8. The van der Waals surface area contributed by atoms with Crippen LogP contribution in [0.15, 0.2) is 24.3 Å². The van der Waals surface area contributed by atoms with Crippen LogP contribution in [0.2, 0.25) is 0 Å². The zero-order valence-corrected chi connectivity index (χ0v) is 14.1. The number of nitrogens with one attached hydrogen (secondary N) is 1. The van der Waals surface area contributed by atoms with Crippen molar-refractivity contribution >= 4 is 11.9 Å². The first-order chi connectivity index (χ1) is 12.3. The molecule has 0 fully saturated rings. The molecule has 1 heterocycles. The van der Waals surface area contributed by atoms with E-state index in [0.29, 0.717) is 17.8 Å². The Morgan fingerprint density at radius 2 is 1.96 bits per heavy atom. The Balaban J connectivity index is 2.09. The van der Waals surface area contributed by atoms with Crippen molar-refractivity contribution in [2.75, 3.05) is 0 Å². The van der Waals surface area contributed by atoms with Gasteiger partial charge in [-0.2, -0.15) is 8.78 Å². The molecule has 1 unspecified atom stereocenters. The molecule has 0 aliphatic carbocycles. The van der Waals surface area contributed by atoms with Crippen molar-refractivity contribution in [2.45, 2.75) is 39.3 Å². The molecular weight excluding hydrogens is 350 g/mol. The van der Waals surface area contributed by atoms with E-state index in [4.69, 9.17) is 5.11 Å². The first kappa shape index (κ1) is 19.3. The molecule has 0 aliphatic heterocycles. The summed E-state index contributed by atoms with van der Waals surface area (Å²) in [6.45, 7) is 0.426. The van der Waals surface area contributed by atoms with Crippen molar-refractivity contribution in [3.63, 3.8) is 0 Å². The highest BCUT2D eigenvalue weighted by Crippen LogP contribution is 2.18. The van der Waals surface area contributed by atoms with Gasteiger partial charge in [-0.1, -0.05) is 5.21 Å². The zero-order valence-electron chi connectivity index (χ0n) is 14.1. The largest absolute Gasteiger partial charge is 0.481 e. The number of carboxylic acids is 1. The normalized spacial score (nSPS) is 12.0. The lowest BCUT2D eigenvalue weighted by Gasteiger charge is -2.11. The van der Waals surface area contributed by atoms with Gasteiger partial charge in [-0.05, 0) is 44.5 Å². The molecule has 2 N–H and O–H groups in total. The zero-order chi connectivity index (χ0) is 19.3. The molecule has 26 heavy (non-hydrogen) atoms. The maximum Gasteiger partial charge on any atom is 0.387 e. The van der Waals surface area contributed by atoms with Crippen molar-refractivity contribution in [2.24, 2.45) is 0 Å². The fraction of sp³-hybridized carbons (Fsp3) is 0.375. The number of ether oxygens (including phenoxy) is 1. The van der Waals surface area contributed by atoms with E-state index in [1.165, 1.54) is 28.9 Å². The van der Waals surface area contributed by atoms with E-state index < -0.39 is 18.5 Å². The van der Waals surface area contributed by atoms with Gasteiger partial charge in [-0.3, -0.25) is 9.59 Å². The molecule has 2 aromatic rings. The predicted molar refractivity (Wildman–Crippen MR) is 86.5 cm³/mol. The average Bonchev–Trinajstić information content (AvgIpc) is 2.95. The number of carboxylic acid groups (broad SMARTS) is 1. The van der Waals surface area contributed by atoms with E-state index >= 15 is 0 Å². The van der Waals surface area contributed by atoms with Gasteiger partial charge in [0.25, 0.3) is 5.91 Å². The summed E-state index contributed by atoms with van der Waals surface area (Å²) in [6, 6.07) is 5.40. The standard InChI is InChI=1S/C16H18F2N4O4/c1-9(3-8-13(23)24)19-15(25)14-10(2)22(21-20-14)11-4-6-12(7-5-11)26-16(17)18/h4-7,9,16H,3,8H2,1-2H3,(H,19,25)(H,23,24). The Morgan fingerprint density at radius 1 is 1.31 bits per heavy atom. The summed E-state index contributed by atoms with van der Waals surface area (Å²) in [5.74, 6) is -1.40. The highest BCUT2D eigenvalue weighted by atomic mass is 19.3. The average molecular weight is 368 g/mol. The Morgan fingerprint density at radius 3 is 2.54 bits per heavy atom. The molecule has 1 atom stereocenters. The topological polar surface area (TPSA) is 106 Å². The molecule has 10 heteroatoms. The third-order valence-corrected chi connectivity index (χ3v) is 3.58. The highest BCUT2D eigenvalue weighted by molar-refractivity contribution is 5.93. The molecule has 0 bridgehead atoms. The third-order valence-electron chi connectivity index (χ3n) is 3.58. The number of amides is 1. The number of aliphatic carboxylic acids is 1. The third kappa shape index (κ3) is 4.98. The minimum atomic E-state index is -2.91. The smallest absolute Gasteiger partial charge is 0.387 e. The minimum absolute atomic E-state index is 0.00624. The van der Waals surface area contributed by atoms with Crippen molar-refractivity contribution in [1.82, 2.24) is 20.3 Å². The molecular formula is C16H18F2N4O4. The monoisotopic (exact) mass is 368 g/mol. The van der Waals surface area contributed by atoms with E-state index in [1.807, 2.05) is 0 Å². The maximum absolute atomic E-state index is 12.3. The second kappa shape index (κ2) is 8.37. The van der Waals surface area contributed by atoms with Crippen molar-refractivity contribution in [3.8, 4) is 11.4 Å². The molecule has 140 valence electrons. The van der Waals surface area contributed by atoms with E-state index in [2.05, 4.69) is 20.4 Å². The summed E-state index contributed by atoms with van der Waals surface area (Å²) < 4.78 is 30.0. The van der Waals surface area contributed by atoms with Gasteiger partial charge in [-0.15, -0.1) is 5.10 Å². The number of carbonyl (C=O) groups is 2. The van der Waals surface area contributed by atoms with Crippen LogP contribution >= 0.6 is 0 Å². The lowest BCUT2D eigenvalue weighted by molar-refractivity contribution is -0.137. The van der Waals surface area contributed by atoms with Gasteiger partial charge >= 0.3 is 12.6 Å². The highest BCUT2D eigenvalue weighted by Gasteiger charge is 2.19. The van der Waals surface area contributed by atoms with Crippen LogP contribution in [-0.4, -0.2) is 44.6 Å². The quantitative estimate of drug-likeness (QED) is 0.740. The van der Waals surface area contributed by atoms with Gasteiger partial charge in [0.15, 0.2) is 5.69 Å². The lowest BCUT2D eigenvalue weighted by atomic mass is 10.2. The first-order valence-electron chi connectivity index (χ1n) is 7.78. The van der Waals surface area contributed by atoms with Crippen LogP contribution in [0.25, 0.3) is 5.69 Å². The molecule has 0 aliphatic rings.